The third-order valence-electron chi connectivity index (χ3n) is 1.80. The van der Waals surface area contributed by atoms with Crippen LogP contribution in [0.3, 0.4) is 0 Å². The second kappa shape index (κ2) is 4.45. The van der Waals surface area contributed by atoms with E-state index in [2.05, 4.69) is 0 Å². The van der Waals surface area contributed by atoms with E-state index in [0.29, 0.717) is 12.8 Å². The van der Waals surface area contributed by atoms with Crippen molar-refractivity contribution in [3.63, 3.8) is 0 Å². The van der Waals surface area contributed by atoms with Gasteiger partial charge >= 0.3 is 0 Å². The number of non-ortho nitro benzene ring substituents is 1. The summed E-state index contributed by atoms with van der Waals surface area (Å²) < 4.78 is 13.1. The lowest BCUT2D eigenvalue weighted by atomic mass is 10.1. The van der Waals surface area contributed by atoms with Crippen LogP contribution in [0.2, 0.25) is 0 Å². The van der Waals surface area contributed by atoms with Gasteiger partial charge in [0.2, 0.25) is 0 Å². The molecule has 0 aliphatic heterocycles. The SMILES string of the molecule is N=CCCc1cc([N+](=O)[O-])ccc1F. The predicted octanol–water partition coefficient (Wildman–Crippen LogP) is 2.32. The van der Waals surface area contributed by atoms with Gasteiger partial charge in [-0.3, -0.25) is 10.1 Å². The number of nitrogens with zero attached hydrogens (tertiary/aromatic N) is 1. The molecule has 0 bridgehead atoms. The number of nitro benzene ring substituents is 1. The molecule has 0 saturated carbocycles. The van der Waals surface area contributed by atoms with Crippen molar-refractivity contribution < 1.29 is 9.31 Å². The van der Waals surface area contributed by atoms with Crippen LogP contribution in [0.5, 0.6) is 0 Å². The molecule has 0 saturated heterocycles. The van der Waals surface area contributed by atoms with Gasteiger partial charge in [-0.15, -0.1) is 0 Å². The van der Waals surface area contributed by atoms with E-state index in [4.69, 9.17) is 5.41 Å². The number of halogens is 1. The summed E-state index contributed by atoms with van der Waals surface area (Å²) in [5.41, 5.74) is 0.161. The van der Waals surface area contributed by atoms with Crippen molar-refractivity contribution in [2.45, 2.75) is 12.8 Å². The first-order chi connectivity index (χ1) is 6.65. The molecule has 1 aromatic carbocycles. The molecular formula is C9H9FN2O2. The lowest BCUT2D eigenvalue weighted by Gasteiger charge is -2.00. The zero-order valence-electron chi connectivity index (χ0n) is 7.37. The monoisotopic (exact) mass is 196 g/mol. The fourth-order valence-electron chi connectivity index (χ4n) is 1.09. The number of hydrogen-bond acceptors (Lipinski definition) is 3. The Hall–Kier alpha value is -1.78. The number of nitro groups is 1. The van der Waals surface area contributed by atoms with Gasteiger partial charge in [-0.05, 0) is 30.7 Å². The average molecular weight is 196 g/mol. The first kappa shape index (κ1) is 10.3. The molecule has 1 N–H and O–H groups in total. The van der Waals surface area contributed by atoms with Gasteiger partial charge in [-0.1, -0.05) is 0 Å². The molecule has 0 unspecified atom stereocenters. The predicted molar refractivity (Wildman–Crippen MR) is 50.2 cm³/mol. The Morgan fingerprint density at radius 1 is 1.57 bits per heavy atom. The molecule has 0 atom stereocenters. The highest BCUT2D eigenvalue weighted by atomic mass is 19.1. The van der Waals surface area contributed by atoms with Gasteiger partial charge in [0.1, 0.15) is 5.82 Å². The Balaban J connectivity index is 2.95. The molecule has 0 aliphatic carbocycles. The summed E-state index contributed by atoms with van der Waals surface area (Å²) in [7, 11) is 0. The van der Waals surface area contributed by atoms with Gasteiger partial charge in [0.25, 0.3) is 5.69 Å². The number of benzene rings is 1. The Labute approximate surface area is 80.0 Å². The largest absolute Gasteiger partial charge is 0.313 e. The second-order valence-electron chi connectivity index (χ2n) is 2.78. The summed E-state index contributed by atoms with van der Waals surface area (Å²) in [5.74, 6) is -0.461. The summed E-state index contributed by atoms with van der Waals surface area (Å²) in [6.07, 6.45) is 1.85. The van der Waals surface area contributed by atoms with Crippen LogP contribution in [-0.2, 0) is 6.42 Å². The summed E-state index contributed by atoms with van der Waals surface area (Å²) in [6.45, 7) is 0. The maximum absolute atomic E-state index is 13.1. The summed E-state index contributed by atoms with van der Waals surface area (Å²) in [5, 5.41) is 17.2. The molecule has 0 aliphatic rings. The van der Waals surface area contributed by atoms with E-state index in [9.17, 15) is 14.5 Å². The fraction of sp³-hybridized carbons (Fsp3) is 0.222. The second-order valence-corrected chi connectivity index (χ2v) is 2.78. The zero-order chi connectivity index (χ0) is 10.6. The van der Waals surface area contributed by atoms with E-state index in [1.54, 1.807) is 0 Å². The maximum atomic E-state index is 13.1. The molecule has 0 radical (unpaired) electrons. The topological polar surface area (TPSA) is 67.0 Å². The van der Waals surface area contributed by atoms with Crippen LogP contribution in [0, 0.1) is 21.3 Å². The van der Waals surface area contributed by atoms with Gasteiger partial charge in [0.15, 0.2) is 0 Å². The number of hydrogen-bond donors (Lipinski definition) is 1. The highest BCUT2D eigenvalue weighted by molar-refractivity contribution is 5.53. The van der Waals surface area contributed by atoms with E-state index < -0.39 is 10.7 Å². The molecule has 14 heavy (non-hydrogen) atoms. The van der Waals surface area contributed by atoms with E-state index >= 15 is 0 Å². The molecule has 5 heteroatoms. The van der Waals surface area contributed by atoms with Gasteiger partial charge in [0.05, 0.1) is 4.92 Å². The van der Waals surface area contributed by atoms with E-state index in [-0.39, 0.29) is 11.3 Å². The lowest BCUT2D eigenvalue weighted by Crippen LogP contribution is -1.95. The molecule has 1 rings (SSSR count). The average Bonchev–Trinajstić information content (AvgIpc) is 2.16. The zero-order valence-corrected chi connectivity index (χ0v) is 7.37. The lowest BCUT2D eigenvalue weighted by molar-refractivity contribution is -0.385. The van der Waals surface area contributed by atoms with Crippen LogP contribution in [-0.4, -0.2) is 11.1 Å². The van der Waals surface area contributed by atoms with Crippen molar-refractivity contribution in [1.82, 2.24) is 0 Å². The first-order valence-corrected chi connectivity index (χ1v) is 4.07. The molecule has 0 amide bonds. The molecular weight excluding hydrogens is 187 g/mol. The minimum atomic E-state index is -0.562. The van der Waals surface area contributed by atoms with Crippen molar-refractivity contribution in [3.8, 4) is 0 Å². The van der Waals surface area contributed by atoms with E-state index in [0.717, 1.165) is 18.3 Å². The normalized spacial score (nSPS) is 9.79. The molecule has 0 spiro atoms. The number of rotatable bonds is 4. The summed E-state index contributed by atoms with van der Waals surface area (Å²) >= 11 is 0. The van der Waals surface area contributed by atoms with Crippen molar-refractivity contribution in [1.29, 1.82) is 5.41 Å². The summed E-state index contributed by atoms with van der Waals surface area (Å²) in [4.78, 5) is 9.81. The Morgan fingerprint density at radius 2 is 2.29 bits per heavy atom. The molecule has 1 aromatic rings. The van der Waals surface area contributed by atoms with Crippen LogP contribution in [0.25, 0.3) is 0 Å². The Morgan fingerprint density at radius 3 is 2.86 bits per heavy atom. The van der Waals surface area contributed by atoms with Crippen LogP contribution < -0.4 is 0 Å². The maximum Gasteiger partial charge on any atom is 0.269 e. The van der Waals surface area contributed by atoms with Gasteiger partial charge in [0, 0.05) is 12.1 Å². The molecule has 0 fully saturated rings. The van der Waals surface area contributed by atoms with Crippen molar-refractivity contribution in [2.75, 3.05) is 0 Å². The highest BCUT2D eigenvalue weighted by Gasteiger charge is 2.09. The fourth-order valence-corrected chi connectivity index (χ4v) is 1.09. The molecule has 74 valence electrons. The Kier molecular flexibility index (Phi) is 3.28. The Bertz CT molecular complexity index is 366. The van der Waals surface area contributed by atoms with Crippen LogP contribution >= 0.6 is 0 Å². The first-order valence-electron chi connectivity index (χ1n) is 4.07. The van der Waals surface area contributed by atoms with Crippen molar-refractivity contribution in [2.24, 2.45) is 0 Å². The number of nitrogens with one attached hydrogen (secondary N) is 1. The van der Waals surface area contributed by atoms with Gasteiger partial charge < -0.3 is 5.41 Å². The molecule has 4 nitrogen and oxygen atoms in total. The van der Waals surface area contributed by atoms with Gasteiger partial charge in [-0.2, -0.15) is 0 Å². The van der Waals surface area contributed by atoms with Gasteiger partial charge in [-0.25, -0.2) is 4.39 Å². The third-order valence-corrected chi connectivity index (χ3v) is 1.80. The minimum Gasteiger partial charge on any atom is -0.313 e. The molecule has 0 aromatic heterocycles. The number of aryl methyl sites for hydroxylation is 1. The van der Waals surface area contributed by atoms with E-state index in [1.807, 2.05) is 0 Å². The van der Waals surface area contributed by atoms with E-state index in [1.165, 1.54) is 6.07 Å². The van der Waals surface area contributed by atoms with Crippen LogP contribution in [0.1, 0.15) is 12.0 Å². The summed E-state index contributed by atoms with van der Waals surface area (Å²) in [6, 6.07) is 3.42. The molecule has 0 heterocycles. The highest BCUT2D eigenvalue weighted by Crippen LogP contribution is 2.17. The van der Waals surface area contributed by atoms with Crippen LogP contribution in [0.4, 0.5) is 10.1 Å². The smallest absolute Gasteiger partial charge is 0.269 e. The minimum absolute atomic E-state index is 0.119. The van der Waals surface area contributed by atoms with Crippen molar-refractivity contribution >= 4 is 11.9 Å². The standard InChI is InChI=1S/C9H9FN2O2/c10-9-4-3-8(12(13)14)6-7(9)2-1-5-11/h3-6,11H,1-2H2. The van der Waals surface area contributed by atoms with Crippen LogP contribution in [0.15, 0.2) is 18.2 Å². The quantitative estimate of drug-likeness (QED) is 0.456. The third kappa shape index (κ3) is 2.35. The van der Waals surface area contributed by atoms with Crippen molar-refractivity contribution in [3.05, 3.63) is 39.7 Å².